The number of ketones is 1. The number of Topliss-reactive ketones (excluding diaryl/α,β-unsaturated/α-hetero) is 1. The molecule has 6 nitrogen and oxygen atoms in total. The van der Waals surface area contributed by atoms with E-state index in [0.29, 0.717) is 0 Å². The first-order valence-electron chi connectivity index (χ1n) is 5.79. The van der Waals surface area contributed by atoms with Crippen LogP contribution in [-0.2, 0) is 30.5 Å². The first-order chi connectivity index (χ1) is 9.16. The number of carbonyl (C=O) groups is 3. The lowest BCUT2D eigenvalue weighted by atomic mass is 10.1. The molecule has 0 saturated carbocycles. The second-order valence-electron chi connectivity index (χ2n) is 4.03. The number of ether oxygens (including phenoxy) is 2. The molecule has 1 aliphatic heterocycles. The Morgan fingerprint density at radius 1 is 1.21 bits per heavy atom. The number of rotatable bonds is 5. The third-order valence-corrected chi connectivity index (χ3v) is 2.61. The molecule has 1 fully saturated rings. The van der Waals surface area contributed by atoms with Gasteiger partial charge in [-0.3, -0.25) is 10.1 Å². The fourth-order valence-electron chi connectivity index (χ4n) is 1.50. The molecule has 1 saturated heterocycles. The van der Waals surface area contributed by atoms with Crippen molar-refractivity contribution >= 4 is 17.7 Å². The zero-order chi connectivity index (χ0) is 13.7. The van der Waals surface area contributed by atoms with Crippen LogP contribution in [0.3, 0.4) is 0 Å². The molecule has 1 N–H and O–H groups in total. The Bertz CT molecular complexity index is 485. The van der Waals surface area contributed by atoms with Gasteiger partial charge in [0.15, 0.2) is 18.4 Å². The standard InChI is InChI=1S/C13H13NO5/c15-10-6-14-12(10)13(17)19-8-11(16)18-7-9-4-2-1-3-5-9/h1-5,12,14H,6-8H2. The average molecular weight is 263 g/mol. The third kappa shape index (κ3) is 3.62. The van der Waals surface area contributed by atoms with E-state index in [1.165, 1.54) is 0 Å². The van der Waals surface area contributed by atoms with Crippen LogP contribution in [-0.4, -0.2) is 36.9 Å². The predicted molar refractivity (Wildman–Crippen MR) is 64.0 cm³/mol. The van der Waals surface area contributed by atoms with Crippen molar-refractivity contribution in [3.8, 4) is 0 Å². The summed E-state index contributed by atoms with van der Waals surface area (Å²) in [6.45, 7) is -0.201. The van der Waals surface area contributed by atoms with Crippen LogP contribution in [0.15, 0.2) is 30.3 Å². The summed E-state index contributed by atoms with van der Waals surface area (Å²) in [7, 11) is 0. The van der Waals surface area contributed by atoms with E-state index in [1.807, 2.05) is 30.3 Å². The molecule has 1 atom stereocenters. The molecular weight excluding hydrogens is 250 g/mol. The van der Waals surface area contributed by atoms with Gasteiger partial charge >= 0.3 is 11.9 Å². The Morgan fingerprint density at radius 2 is 1.95 bits per heavy atom. The summed E-state index contributed by atoms with van der Waals surface area (Å²) < 4.78 is 9.58. The van der Waals surface area contributed by atoms with Gasteiger partial charge in [0.2, 0.25) is 0 Å². The summed E-state index contributed by atoms with van der Waals surface area (Å²) in [5, 5.41) is 2.60. The van der Waals surface area contributed by atoms with E-state index in [9.17, 15) is 14.4 Å². The SMILES string of the molecule is O=C(COC(=O)C1NCC1=O)OCc1ccccc1. The summed E-state index contributed by atoms with van der Waals surface area (Å²) in [6, 6.07) is 8.22. The molecule has 1 aliphatic rings. The maximum Gasteiger partial charge on any atom is 0.344 e. The predicted octanol–water partition coefficient (Wildman–Crippen LogP) is -0.186. The number of hydrogen-bond acceptors (Lipinski definition) is 6. The van der Waals surface area contributed by atoms with Crippen LogP contribution in [0.25, 0.3) is 0 Å². The Kier molecular flexibility index (Phi) is 4.25. The number of benzene rings is 1. The number of hydrogen-bond donors (Lipinski definition) is 1. The zero-order valence-electron chi connectivity index (χ0n) is 10.1. The smallest absolute Gasteiger partial charge is 0.344 e. The van der Waals surface area contributed by atoms with Gasteiger partial charge in [0.1, 0.15) is 6.61 Å². The molecule has 2 rings (SSSR count). The summed E-state index contributed by atoms with van der Waals surface area (Å²) in [6.07, 6.45) is 0. The van der Waals surface area contributed by atoms with E-state index in [4.69, 9.17) is 4.74 Å². The first kappa shape index (κ1) is 13.2. The van der Waals surface area contributed by atoms with Gasteiger partial charge in [-0.2, -0.15) is 0 Å². The molecule has 1 aromatic carbocycles. The van der Waals surface area contributed by atoms with E-state index < -0.39 is 24.6 Å². The lowest BCUT2D eigenvalue weighted by molar-refractivity contribution is -0.163. The number of esters is 2. The fraction of sp³-hybridized carbons (Fsp3) is 0.308. The van der Waals surface area contributed by atoms with Gasteiger partial charge in [-0.25, -0.2) is 9.59 Å². The van der Waals surface area contributed by atoms with E-state index >= 15 is 0 Å². The molecule has 1 unspecified atom stereocenters. The highest BCUT2D eigenvalue weighted by molar-refractivity contribution is 6.08. The van der Waals surface area contributed by atoms with Gasteiger partial charge < -0.3 is 9.47 Å². The minimum Gasteiger partial charge on any atom is -0.458 e. The normalized spacial score (nSPS) is 17.5. The first-order valence-corrected chi connectivity index (χ1v) is 5.79. The van der Waals surface area contributed by atoms with E-state index in [2.05, 4.69) is 10.1 Å². The van der Waals surface area contributed by atoms with Crippen molar-refractivity contribution < 1.29 is 23.9 Å². The van der Waals surface area contributed by atoms with Crippen LogP contribution in [0.2, 0.25) is 0 Å². The molecule has 0 aliphatic carbocycles. The highest BCUT2D eigenvalue weighted by Crippen LogP contribution is 2.02. The van der Waals surface area contributed by atoms with Crippen LogP contribution in [0, 0.1) is 0 Å². The van der Waals surface area contributed by atoms with Crippen LogP contribution in [0.5, 0.6) is 0 Å². The Balaban J connectivity index is 1.67. The summed E-state index contributed by atoms with van der Waals surface area (Å²) in [5.74, 6) is -1.63. The Morgan fingerprint density at radius 3 is 2.53 bits per heavy atom. The van der Waals surface area contributed by atoms with Gasteiger partial charge in [0.05, 0.1) is 6.54 Å². The number of nitrogens with one attached hydrogen (secondary N) is 1. The topological polar surface area (TPSA) is 81.7 Å². The highest BCUT2D eigenvalue weighted by Gasteiger charge is 2.35. The van der Waals surface area contributed by atoms with Crippen LogP contribution in [0.4, 0.5) is 0 Å². The van der Waals surface area contributed by atoms with Crippen LogP contribution < -0.4 is 5.32 Å². The maximum absolute atomic E-state index is 11.3. The van der Waals surface area contributed by atoms with Gasteiger partial charge in [-0.05, 0) is 5.56 Å². The molecule has 0 spiro atoms. The molecule has 0 amide bonds. The van der Waals surface area contributed by atoms with Crippen LogP contribution >= 0.6 is 0 Å². The maximum atomic E-state index is 11.3. The molecule has 100 valence electrons. The average Bonchev–Trinajstić information content (AvgIpc) is 2.42. The quantitative estimate of drug-likeness (QED) is 0.586. The van der Waals surface area contributed by atoms with Crippen molar-refractivity contribution in [3.05, 3.63) is 35.9 Å². The largest absolute Gasteiger partial charge is 0.458 e. The lowest BCUT2D eigenvalue weighted by Crippen LogP contribution is -2.58. The second kappa shape index (κ2) is 6.10. The van der Waals surface area contributed by atoms with Gasteiger partial charge in [0, 0.05) is 0 Å². The van der Waals surface area contributed by atoms with Crippen molar-refractivity contribution in [2.75, 3.05) is 13.2 Å². The molecule has 0 bridgehead atoms. The van der Waals surface area contributed by atoms with Crippen molar-refractivity contribution in [1.82, 2.24) is 5.32 Å². The van der Waals surface area contributed by atoms with Gasteiger partial charge in [-0.1, -0.05) is 30.3 Å². The third-order valence-electron chi connectivity index (χ3n) is 2.61. The Hall–Kier alpha value is -2.21. The van der Waals surface area contributed by atoms with Gasteiger partial charge in [-0.15, -0.1) is 0 Å². The molecule has 19 heavy (non-hydrogen) atoms. The van der Waals surface area contributed by atoms with Crippen LogP contribution in [0.1, 0.15) is 5.56 Å². The molecule has 0 aromatic heterocycles. The molecule has 1 aromatic rings. The summed E-state index contributed by atoms with van der Waals surface area (Å²) in [5.41, 5.74) is 0.845. The van der Waals surface area contributed by atoms with Gasteiger partial charge in [0.25, 0.3) is 0 Å². The minimum atomic E-state index is -0.929. The monoisotopic (exact) mass is 263 g/mol. The minimum absolute atomic E-state index is 0.123. The van der Waals surface area contributed by atoms with E-state index in [0.717, 1.165) is 5.56 Å². The number of carbonyl (C=O) groups excluding carboxylic acids is 3. The molecule has 0 radical (unpaired) electrons. The van der Waals surface area contributed by atoms with Crippen molar-refractivity contribution in [2.24, 2.45) is 0 Å². The van der Waals surface area contributed by atoms with Crippen molar-refractivity contribution in [3.63, 3.8) is 0 Å². The van der Waals surface area contributed by atoms with Crippen molar-refractivity contribution in [1.29, 1.82) is 0 Å². The van der Waals surface area contributed by atoms with E-state index in [-0.39, 0.29) is 18.9 Å². The zero-order valence-corrected chi connectivity index (χ0v) is 10.1. The molecular formula is C13H13NO5. The lowest BCUT2D eigenvalue weighted by Gasteiger charge is -2.23. The summed E-state index contributed by atoms with van der Waals surface area (Å²) in [4.78, 5) is 33.6. The Labute approximate surface area is 109 Å². The second-order valence-corrected chi connectivity index (χ2v) is 4.03. The van der Waals surface area contributed by atoms with Crippen molar-refractivity contribution in [2.45, 2.75) is 12.6 Å². The molecule has 1 heterocycles. The van der Waals surface area contributed by atoms with E-state index in [1.54, 1.807) is 0 Å². The highest BCUT2D eigenvalue weighted by atomic mass is 16.6. The fourth-order valence-corrected chi connectivity index (χ4v) is 1.50. The summed E-state index contributed by atoms with van der Waals surface area (Å²) >= 11 is 0. The molecule has 6 heteroatoms.